The molecule has 1 fully saturated rings. The molecule has 0 spiro atoms. The zero-order valence-corrected chi connectivity index (χ0v) is 14.0. The average Bonchev–Trinajstić information content (AvgIpc) is 2.53. The SMILES string of the molecule is COc1ccccc1[C@@H](C)N1CCN(C(=O)NC(C)C)CC1. The number of rotatable bonds is 4. The minimum atomic E-state index is 0.0413. The van der Waals surface area contributed by atoms with E-state index in [0.717, 1.165) is 31.9 Å². The standard InChI is InChI=1S/C17H27N3O2/c1-13(2)18-17(21)20-11-9-19(10-12-20)14(3)15-7-5-6-8-16(15)22-4/h5-8,13-14H,9-12H2,1-4H3,(H,18,21)/t14-/m1/s1. The first-order chi connectivity index (χ1) is 10.5. The number of carbonyl (C=O) groups is 1. The lowest BCUT2D eigenvalue weighted by Crippen LogP contribution is -2.53. The van der Waals surface area contributed by atoms with Crippen LogP contribution in [0.25, 0.3) is 0 Å². The number of nitrogens with one attached hydrogen (secondary N) is 1. The van der Waals surface area contributed by atoms with Crippen LogP contribution in [-0.2, 0) is 0 Å². The van der Waals surface area contributed by atoms with Crippen molar-refractivity contribution in [3.05, 3.63) is 29.8 Å². The lowest BCUT2D eigenvalue weighted by molar-refractivity contribution is 0.112. The van der Waals surface area contributed by atoms with Gasteiger partial charge in [-0.2, -0.15) is 0 Å². The van der Waals surface area contributed by atoms with Gasteiger partial charge in [0.2, 0.25) is 0 Å². The third-order valence-electron chi connectivity index (χ3n) is 4.15. The fraction of sp³-hybridized carbons (Fsp3) is 0.588. The van der Waals surface area contributed by atoms with Gasteiger partial charge in [0.15, 0.2) is 0 Å². The monoisotopic (exact) mass is 305 g/mol. The minimum Gasteiger partial charge on any atom is -0.496 e. The van der Waals surface area contributed by atoms with E-state index >= 15 is 0 Å². The Morgan fingerprint density at radius 3 is 2.36 bits per heavy atom. The third kappa shape index (κ3) is 3.91. The Kier molecular flexibility index (Phi) is 5.66. The largest absolute Gasteiger partial charge is 0.496 e. The highest BCUT2D eigenvalue weighted by molar-refractivity contribution is 5.74. The van der Waals surface area contributed by atoms with Crippen molar-refractivity contribution in [2.75, 3.05) is 33.3 Å². The van der Waals surface area contributed by atoms with Gasteiger partial charge in [-0.3, -0.25) is 4.90 Å². The number of amides is 2. The lowest BCUT2D eigenvalue weighted by Gasteiger charge is -2.38. The third-order valence-corrected chi connectivity index (χ3v) is 4.15. The summed E-state index contributed by atoms with van der Waals surface area (Å²) in [7, 11) is 1.71. The molecule has 1 aromatic rings. The van der Waals surface area contributed by atoms with Crippen LogP contribution in [0.15, 0.2) is 24.3 Å². The molecule has 0 unspecified atom stereocenters. The summed E-state index contributed by atoms with van der Waals surface area (Å²) in [5, 5.41) is 2.95. The maximum atomic E-state index is 12.0. The normalized spacial score (nSPS) is 17.4. The number of hydrogen-bond acceptors (Lipinski definition) is 3. The first kappa shape index (κ1) is 16.6. The molecular weight excluding hydrogens is 278 g/mol. The first-order valence-electron chi connectivity index (χ1n) is 7.95. The molecule has 122 valence electrons. The van der Waals surface area contributed by atoms with E-state index in [2.05, 4.69) is 23.2 Å². The molecular formula is C17H27N3O2. The summed E-state index contributed by atoms with van der Waals surface area (Å²) in [6.45, 7) is 9.45. The zero-order chi connectivity index (χ0) is 16.1. The van der Waals surface area contributed by atoms with E-state index < -0.39 is 0 Å². The Bertz CT molecular complexity index is 496. The molecule has 1 aromatic carbocycles. The minimum absolute atomic E-state index is 0.0413. The number of piperazine rings is 1. The molecule has 1 atom stereocenters. The summed E-state index contributed by atoms with van der Waals surface area (Å²) in [4.78, 5) is 16.3. The predicted molar refractivity (Wildman–Crippen MR) is 88.2 cm³/mol. The maximum absolute atomic E-state index is 12.0. The molecule has 0 saturated carbocycles. The van der Waals surface area contributed by atoms with Gasteiger partial charge in [-0.1, -0.05) is 18.2 Å². The Morgan fingerprint density at radius 1 is 1.14 bits per heavy atom. The molecule has 22 heavy (non-hydrogen) atoms. The van der Waals surface area contributed by atoms with Gasteiger partial charge in [0, 0.05) is 43.8 Å². The van der Waals surface area contributed by atoms with Crippen molar-refractivity contribution < 1.29 is 9.53 Å². The fourth-order valence-electron chi connectivity index (χ4n) is 2.86. The van der Waals surface area contributed by atoms with Crippen LogP contribution in [0.2, 0.25) is 0 Å². The van der Waals surface area contributed by atoms with Crippen molar-refractivity contribution in [3.63, 3.8) is 0 Å². The smallest absolute Gasteiger partial charge is 0.317 e. The van der Waals surface area contributed by atoms with Crippen molar-refractivity contribution in [1.82, 2.24) is 15.1 Å². The van der Waals surface area contributed by atoms with Crippen LogP contribution in [0.1, 0.15) is 32.4 Å². The van der Waals surface area contributed by atoms with E-state index in [0.29, 0.717) is 0 Å². The number of urea groups is 1. The summed E-state index contributed by atoms with van der Waals surface area (Å²) in [5.41, 5.74) is 1.20. The summed E-state index contributed by atoms with van der Waals surface area (Å²) in [6.07, 6.45) is 0. The fourth-order valence-corrected chi connectivity index (χ4v) is 2.86. The molecule has 2 amide bonds. The lowest BCUT2D eigenvalue weighted by atomic mass is 10.0. The number of para-hydroxylation sites is 1. The quantitative estimate of drug-likeness (QED) is 0.929. The van der Waals surface area contributed by atoms with Crippen molar-refractivity contribution in [2.45, 2.75) is 32.9 Å². The van der Waals surface area contributed by atoms with E-state index in [1.54, 1.807) is 7.11 Å². The highest BCUT2D eigenvalue weighted by atomic mass is 16.5. The molecule has 0 aliphatic carbocycles. The molecule has 2 rings (SSSR count). The second-order valence-electron chi connectivity index (χ2n) is 6.05. The molecule has 1 N–H and O–H groups in total. The van der Waals surface area contributed by atoms with Gasteiger partial charge < -0.3 is 15.0 Å². The molecule has 1 aliphatic heterocycles. The predicted octanol–water partition coefficient (Wildman–Crippen LogP) is 2.49. The number of ether oxygens (including phenoxy) is 1. The summed E-state index contributed by atoms with van der Waals surface area (Å²) >= 11 is 0. The van der Waals surface area contributed by atoms with E-state index in [1.807, 2.05) is 36.9 Å². The first-order valence-corrected chi connectivity index (χ1v) is 7.95. The van der Waals surface area contributed by atoms with Crippen LogP contribution in [0, 0.1) is 0 Å². The number of nitrogens with zero attached hydrogens (tertiary/aromatic N) is 2. The van der Waals surface area contributed by atoms with Crippen LogP contribution in [-0.4, -0.2) is 55.2 Å². The second-order valence-corrected chi connectivity index (χ2v) is 6.05. The molecule has 0 aromatic heterocycles. The van der Waals surface area contributed by atoms with Crippen LogP contribution in [0.5, 0.6) is 5.75 Å². The van der Waals surface area contributed by atoms with Crippen LogP contribution in [0.3, 0.4) is 0 Å². The molecule has 5 nitrogen and oxygen atoms in total. The van der Waals surface area contributed by atoms with Gasteiger partial charge in [0.05, 0.1) is 7.11 Å². The van der Waals surface area contributed by atoms with E-state index in [4.69, 9.17) is 4.74 Å². The van der Waals surface area contributed by atoms with Gasteiger partial charge in [-0.05, 0) is 26.8 Å². The van der Waals surface area contributed by atoms with Gasteiger partial charge >= 0.3 is 6.03 Å². The summed E-state index contributed by atoms with van der Waals surface area (Å²) in [5.74, 6) is 0.926. The highest BCUT2D eigenvalue weighted by Crippen LogP contribution is 2.29. The summed E-state index contributed by atoms with van der Waals surface area (Å²) in [6, 6.07) is 8.65. The van der Waals surface area contributed by atoms with Crippen molar-refractivity contribution in [2.24, 2.45) is 0 Å². The zero-order valence-electron chi connectivity index (χ0n) is 14.0. The Morgan fingerprint density at radius 2 is 1.77 bits per heavy atom. The molecule has 1 saturated heterocycles. The molecule has 5 heteroatoms. The van der Waals surface area contributed by atoms with Crippen molar-refractivity contribution in [1.29, 1.82) is 0 Å². The van der Waals surface area contributed by atoms with Crippen LogP contribution >= 0.6 is 0 Å². The van der Waals surface area contributed by atoms with Crippen LogP contribution in [0.4, 0.5) is 4.79 Å². The Hall–Kier alpha value is -1.75. The number of benzene rings is 1. The van der Waals surface area contributed by atoms with E-state index in [9.17, 15) is 4.79 Å². The number of methoxy groups -OCH3 is 1. The highest BCUT2D eigenvalue weighted by Gasteiger charge is 2.26. The van der Waals surface area contributed by atoms with Crippen molar-refractivity contribution >= 4 is 6.03 Å². The van der Waals surface area contributed by atoms with Gasteiger partial charge in [0.1, 0.15) is 5.75 Å². The Balaban J connectivity index is 1.95. The molecule has 1 aliphatic rings. The second kappa shape index (κ2) is 7.49. The molecule has 1 heterocycles. The topological polar surface area (TPSA) is 44.8 Å². The van der Waals surface area contributed by atoms with E-state index in [-0.39, 0.29) is 18.1 Å². The van der Waals surface area contributed by atoms with Gasteiger partial charge in [-0.25, -0.2) is 4.79 Å². The summed E-state index contributed by atoms with van der Waals surface area (Å²) < 4.78 is 5.46. The number of carbonyl (C=O) groups excluding carboxylic acids is 1. The average molecular weight is 305 g/mol. The van der Waals surface area contributed by atoms with E-state index in [1.165, 1.54) is 5.56 Å². The molecule has 0 bridgehead atoms. The van der Waals surface area contributed by atoms with Crippen LogP contribution < -0.4 is 10.1 Å². The maximum Gasteiger partial charge on any atom is 0.317 e. The van der Waals surface area contributed by atoms with Gasteiger partial charge in [-0.15, -0.1) is 0 Å². The molecule has 0 radical (unpaired) electrons. The van der Waals surface area contributed by atoms with Gasteiger partial charge in [0.25, 0.3) is 0 Å². The van der Waals surface area contributed by atoms with Crippen molar-refractivity contribution in [3.8, 4) is 5.75 Å². The Labute approximate surface area is 133 Å². The number of hydrogen-bond donors (Lipinski definition) is 1.